The summed E-state index contributed by atoms with van der Waals surface area (Å²) in [4.78, 5) is 0. The van der Waals surface area contributed by atoms with Gasteiger partial charge < -0.3 is 4.74 Å². The summed E-state index contributed by atoms with van der Waals surface area (Å²) in [5.74, 6) is 2.77. The van der Waals surface area contributed by atoms with Gasteiger partial charge in [0.05, 0.1) is 6.10 Å². The largest absolute Gasteiger partial charge is 0.378 e. The first kappa shape index (κ1) is 13.0. The molecule has 3 aliphatic rings. The molecule has 1 saturated heterocycles. The van der Waals surface area contributed by atoms with E-state index in [-0.39, 0.29) is 0 Å². The Morgan fingerprint density at radius 2 is 1.78 bits per heavy atom. The maximum Gasteiger partial charge on any atom is 0.0611 e. The van der Waals surface area contributed by atoms with Crippen LogP contribution in [0.3, 0.4) is 0 Å². The highest BCUT2D eigenvalue weighted by Gasteiger charge is 2.45. The van der Waals surface area contributed by atoms with E-state index in [9.17, 15) is 0 Å². The zero-order valence-electron chi connectivity index (χ0n) is 12.3. The third-order valence-electron chi connectivity index (χ3n) is 6.42. The normalized spacial score (nSPS) is 46.7. The van der Waals surface area contributed by atoms with Gasteiger partial charge in [-0.05, 0) is 61.7 Å². The first-order chi connectivity index (χ1) is 8.69. The van der Waals surface area contributed by atoms with E-state index in [1.807, 2.05) is 0 Å². The molecule has 2 saturated carbocycles. The van der Waals surface area contributed by atoms with E-state index in [1.54, 1.807) is 0 Å². The number of rotatable bonds is 1. The summed E-state index contributed by atoms with van der Waals surface area (Å²) < 4.78 is 6.14. The molecule has 0 radical (unpaired) electrons. The van der Waals surface area contributed by atoms with E-state index in [0.29, 0.717) is 11.5 Å². The number of ether oxygens (including phenoxy) is 1. The minimum absolute atomic E-state index is 0.592. The van der Waals surface area contributed by atoms with Crippen LogP contribution in [0, 0.1) is 23.2 Å². The maximum absolute atomic E-state index is 6.14. The Morgan fingerprint density at radius 1 is 1.00 bits per heavy atom. The summed E-state index contributed by atoms with van der Waals surface area (Å²) >= 11 is 0. The van der Waals surface area contributed by atoms with Gasteiger partial charge in [-0.1, -0.05) is 33.1 Å². The standard InChI is InChI=1S/C17H30O/c1-13-9-11-18-16-12-17(2,10-8-15(13)16)14-6-4-3-5-7-14/h13-16H,3-12H2,1-2H3. The lowest BCUT2D eigenvalue weighted by molar-refractivity contribution is -0.115. The van der Waals surface area contributed by atoms with Gasteiger partial charge in [-0.15, -0.1) is 0 Å². The first-order valence-electron chi connectivity index (χ1n) is 8.31. The van der Waals surface area contributed by atoms with Gasteiger partial charge in [0.25, 0.3) is 0 Å². The molecule has 3 fully saturated rings. The minimum atomic E-state index is 0.592. The summed E-state index contributed by atoms with van der Waals surface area (Å²) in [5.41, 5.74) is 0.596. The molecule has 1 heterocycles. The van der Waals surface area contributed by atoms with Crippen LogP contribution in [-0.2, 0) is 4.74 Å². The Hall–Kier alpha value is -0.0400. The van der Waals surface area contributed by atoms with E-state index < -0.39 is 0 Å². The predicted octanol–water partition coefficient (Wildman–Crippen LogP) is 4.80. The van der Waals surface area contributed by atoms with Crippen LogP contribution in [0.4, 0.5) is 0 Å². The van der Waals surface area contributed by atoms with Gasteiger partial charge in [0.15, 0.2) is 0 Å². The fourth-order valence-corrected chi connectivity index (χ4v) is 5.02. The summed E-state index contributed by atoms with van der Waals surface area (Å²) in [5, 5.41) is 0. The Labute approximate surface area is 113 Å². The monoisotopic (exact) mass is 250 g/mol. The van der Waals surface area contributed by atoms with Crippen molar-refractivity contribution in [2.45, 2.75) is 77.7 Å². The van der Waals surface area contributed by atoms with E-state index in [2.05, 4.69) is 13.8 Å². The molecule has 0 amide bonds. The molecule has 2 aliphatic carbocycles. The minimum Gasteiger partial charge on any atom is -0.378 e. The molecule has 0 aromatic heterocycles. The predicted molar refractivity (Wildman–Crippen MR) is 75.5 cm³/mol. The highest BCUT2D eigenvalue weighted by atomic mass is 16.5. The van der Waals surface area contributed by atoms with Crippen molar-refractivity contribution in [2.75, 3.05) is 6.61 Å². The van der Waals surface area contributed by atoms with Crippen LogP contribution in [0.1, 0.15) is 71.6 Å². The van der Waals surface area contributed by atoms with Crippen molar-refractivity contribution in [1.29, 1.82) is 0 Å². The van der Waals surface area contributed by atoms with E-state index in [1.165, 1.54) is 57.8 Å². The molecule has 104 valence electrons. The zero-order chi connectivity index (χ0) is 12.6. The van der Waals surface area contributed by atoms with Gasteiger partial charge in [0.2, 0.25) is 0 Å². The Kier molecular flexibility index (Phi) is 3.71. The van der Waals surface area contributed by atoms with Crippen LogP contribution in [0.25, 0.3) is 0 Å². The van der Waals surface area contributed by atoms with Crippen molar-refractivity contribution >= 4 is 0 Å². The van der Waals surface area contributed by atoms with Crippen molar-refractivity contribution < 1.29 is 4.74 Å². The van der Waals surface area contributed by atoms with Crippen molar-refractivity contribution in [3.63, 3.8) is 0 Å². The van der Waals surface area contributed by atoms with Gasteiger partial charge in [-0.3, -0.25) is 0 Å². The van der Waals surface area contributed by atoms with Gasteiger partial charge in [-0.2, -0.15) is 0 Å². The number of hydrogen-bond donors (Lipinski definition) is 0. The van der Waals surface area contributed by atoms with E-state index in [4.69, 9.17) is 4.74 Å². The average Bonchev–Trinajstić information content (AvgIpc) is 2.40. The molecular weight excluding hydrogens is 220 g/mol. The van der Waals surface area contributed by atoms with Crippen molar-refractivity contribution in [3.8, 4) is 0 Å². The lowest BCUT2D eigenvalue weighted by atomic mass is 9.58. The topological polar surface area (TPSA) is 9.23 Å². The highest BCUT2D eigenvalue weighted by Crippen LogP contribution is 2.52. The summed E-state index contributed by atoms with van der Waals surface area (Å²) in [7, 11) is 0. The molecule has 4 atom stereocenters. The van der Waals surface area contributed by atoms with Gasteiger partial charge in [0, 0.05) is 6.61 Å². The van der Waals surface area contributed by atoms with Crippen molar-refractivity contribution in [1.82, 2.24) is 0 Å². The molecule has 4 unspecified atom stereocenters. The second kappa shape index (κ2) is 5.15. The molecule has 18 heavy (non-hydrogen) atoms. The molecular formula is C17H30O. The first-order valence-corrected chi connectivity index (χ1v) is 8.31. The molecule has 0 spiro atoms. The molecule has 3 rings (SSSR count). The van der Waals surface area contributed by atoms with Crippen LogP contribution in [0.15, 0.2) is 0 Å². The highest BCUT2D eigenvalue weighted by molar-refractivity contribution is 4.95. The smallest absolute Gasteiger partial charge is 0.0611 e. The maximum atomic E-state index is 6.14. The zero-order valence-corrected chi connectivity index (χ0v) is 12.3. The number of fused-ring (bicyclic) bond motifs is 1. The summed E-state index contributed by atoms with van der Waals surface area (Å²) in [6.45, 7) is 6.04. The van der Waals surface area contributed by atoms with Gasteiger partial charge >= 0.3 is 0 Å². The van der Waals surface area contributed by atoms with Crippen LogP contribution < -0.4 is 0 Å². The average molecular weight is 250 g/mol. The SMILES string of the molecule is CC1CCOC2CC(C)(C3CCCCC3)CCC12. The molecule has 0 bridgehead atoms. The third kappa shape index (κ3) is 2.35. The second-order valence-corrected chi connectivity index (χ2v) is 7.57. The van der Waals surface area contributed by atoms with Crippen molar-refractivity contribution in [2.24, 2.45) is 23.2 Å². The lowest BCUT2D eigenvalue weighted by Crippen LogP contribution is -2.46. The summed E-state index contributed by atoms with van der Waals surface area (Å²) in [6, 6.07) is 0. The van der Waals surface area contributed by atoms with Crippen LogP contribution in [-0.4, -0.2) is 12.7 Å². The molecule has 1 nitrogen and oxygen atoms in total. The van der Waals surface area contributed by atoms with Gasteiger partial charge in [0.1, 0.15) is 0 Å². The molecule has 0 aromatic carbocycles. The van der Waals surface area contributed by atoms with Crippen LogP contribution in [0.5, 0.6) is 0 Å². The molecule has 0 N–H and O–H groups in total. The molecule has 1 aliphatic heterocycles. The quantitative estimate of drug-likeness (QED) is 0.649. The fraction of sp³-hybridized carbons (Fsp3) is 1.00. The summed E-state index contributed by atoms with van der Waals surface area (Å²) in [6.07, 6.45) is 13.5. The lowest BCUT2D eigenvalue weighted by Gasteiger charge is -2.51. The second-order valence-electron chi connectivity index (χ2n) is 7.57. The Bertz CT molecular complexity index is 281. The van der Waals surface area contributed by atoms with Crippen molar-refractivity contribution in [3.05, 3.63) is 0 Å². The Morgan fingerprint density at radius 3 is 2.56 bits per heavy atom. The van der Waals surface area contributed by atoms with Gasteiger partial charge in [-0.25, -0.2) is 0 Å². The van der Waals surface area contributed by atoms with E-state index in [0.717, 1.165) is 24.4 Å². The van der Waals surface area contributed by atoms with E-state index >= 15 is 0 Å². The third-order valence-corrected chi connectivity index (χ3v) is 6.42. The van der Waals surface area contributed by atoms with Crippen LogP contribution in [0.2, 0.25) is 0 Å². The Balaban J connectivity index is 1.68. The van der Waals surface area contributed by atoms with Crippen LogP contribution >= 0.6 is 0 Å². The fourth-order valence-electron chi connectivity index (χ4n) is 5.02. The number of hydrogen-bond acceptors (Lipinski definition) is 1. The molecule has 0 aromatic rings. The molecule has 1 heteroatoms.